The number of carbonyl (C=O) groups is 2. The average molecular weight is 353 g/mol. The average Bonchev–Trinajstić information content (AvgIpc) is 3.48. The number of carboxylic acids is 1. The summed E-state index contributed by atoms with van der Waals surface area (Å²) in [5.74, 6) is -0.475. The molecule has 0 saturated heterocycles. The van der Waals surface area contributed by atoms with E-state index < -0.39 is 5.97 Å². The number of ether oxygens (including phenoxy) is 1. The summed E-state index contributed by atoms with van der Waals surface area (Å²) in [6, 6.07) is 13.8. The highest BCUT2D eigenvalue weighted by Gasteiger charge is 2.21. The molecule has 5 nitrogen and oxygen atoms in total. The number of carboxylic acid groups (broad SMARTS) is 1. The summed E-state index contributed by atoms with van der Waals surface area (Å²) < 4.78 is 5.56. The predicted molar refractivity (Wildman–Crippen MR) is 99.3 cm³/mol. The van der Waals surface area contributed by atoms with E-state index in [2.05, 4.69) is 5.32 Å². The number of amides is 1. The molecule has 136 valence electrons. The van der Waals surface area contributed by atoms with Gasteiger partial charge in [0.2, 0.25) is 0 Å². The number of aromatic carboxylic acids is 1. The Hall–Kier alpha value is -2.66. The fourth-order valence-corrected chi connectivity index (χ4v) is 2.83. The number of nitrogens with one attached hydrogen (secondary N) is 1. The van der Waals surface area contributed by atoms with E-state index in [0.717, 1.165) is 18.9 Å². The lowest BCUT2D eigenvalue weighted by molar-refractivity contribution is 0.0697. The maximum absolute atomic E-state index is 12.6. The highest BCUT2D eigenvalue weighted by molar-refractivity contribution is 6.04. The zero-order chi connectivity index (χ0) is 18.4. The Balaban J connectivity index is 1.65. The van der Waals surface area contributed by atoms with Gasteiger partial charge in [-0.2, -0.15) is 0 Å². The lowest BCUT2D eigenvalue weighted by Gasteiger charge is -2.12. The van der Waals surface area contributed by atoms with E-state index in [4.69, 9.17) is 4.74 Å². The smallest absolute Gasteiger partial charge is 0.336 e. The van der Waals surface area contributed by atoms with E-state index in [1.807, 2.05) is 0 Å². The highest BCUT2D eigenvalue weighted by Crippen LogP contribution is 2.29. The van der Waals surface area contributed by atoms with Gasteiger partial charge in [-0.25, -0.2) is 4.79 Å². The molecule has 0 spiro atoms. The van der Waals surface area contributed by atoms with Crippen molar-refractivity contribution in [2.45, 2.75) is 19.3 Å². The van der Waals surface area contributed by atoms with Crippen molar-refractivity contribution < 1.29 is 19.4 Å². The second-order valence-electron chi connectivity index (χ2n) is 6.52. The van der Waals surface area contributed by atoms with Gasteiger partial charge in [0.1, 0.15) is 0 Å². The molecule has 0 heterocycles. The summed E-state index contributed by atoms with van der Waals surface area (Å²) in [7, 11) is 0. The topological polar surface area (TPSA) is 75.6 Å². The number of carbonyl (C=O) groups excluding carboxylic acids is 1. The van der Waals surface area contributed by atoms with Gasteiger partial charge < -0.3 is 15.2 Å². The number of hydrogen-bond donors (Lipinski definition) is 2. The van der Waals surface area contributed by atoms with Gasteiger partial charge in [0.05, 0.1) is 5.56 Å². The van der Waals surface area contributed by atoms with E-state index >= 15 is 0 Å². The fourth-order valence-electron chi connectivity index (χ4n) is 2.83. The second-order valence-corrected chi connectivity index (χ2v) is 6.52. The molecule has 1 aliphatic carbocycles. The van der Waals surface area contributed by atoms with Gasteiger partial charge in [-0.15, -0.1) is 0 Å². The molecule has 3 rings (SSSR count). The molecule has 1 aliphatic rings. The van der Waals surface area contributed by atoms with Gasteiger partial charge >= 0.3 is 5.97 Å². The van der Waals surface area contributed by atoms with Crippen molar-refractivity contribution >= 4 is 11.9 Å². The third-order valence-electron chi connectivity index (χ3n) is 4.42. The summed E-state index contributed by atoms with van der Waals surface area (Å²) in [4.78, 5) is 24.1. The third-order valence-corrected chi connectivity index (χ3v) is 4.42. The fraction of sp³-hybridized carbons (Fsp3) is 0.333. The van der Waals surface area contributed by atoms with Crippen molar-refractivity contribution in [3.05, 3.63) is 59.7 Å². The van der Waals surface area contributed by atoms with Crippen molar-refractivity contribution in [1.29, 1.82) is 0 Å². The van der Waals surface area contributed by atoms with Crippen molar-refractivity contribution in [2.24, 2.45) is 5.92 Å². The first-order valence-corrected chi connectivity index (χ1v) is 8.94. The zero-order valence-electron chi connectivity index (χ0n) is 14.6. The summed E-state index contributed by atoms with van der Waals surface area (Å²) in [5, 5.41) is 12.3. The molecule has 1 amide bonds. The van der Waals surface area contributed by atoms with Gasteiger partial charge in [-0.05, 0) is 48.4 Å². The minimum Gasteiger partial charge on any atom is -0.478 e. The first-order valence-electron chi connectivity index (χ1n) is 8.94. The quantitative estimate of drug-likeness (QED) is 0.676. The van der Waals surface area contributed by atoms with E-state index in [9.17, 15) is 14.7 Å². The summed E-state index contributed by atoms with van der Waals surface area (Å²) in [6.07, 6.45) is 3.29. The maximum Gasteiger partial charge on any atom is 0.336 e. The molecule has 0 aromatic heterocycles. The van der Waals surface area contributed by atoms with E-state index in [-0.39, 0.29) is 11.5 Å². The van der Waals surface area contributed by atoms with Crippen molar-refractivity contribution in [2.75, 3.05) is 19.8 Å². The van der Waals surface area contributed by atoms with Gasteiger partial charge in [0.25, 0.3) is 5.91 Å². The van der Waals surface area contributed by atoms with E-state index in [1.165, 1.54) is 12.8 Å². The van der Waals surface area contributed by atoms with Crippen LogP contribution in [0.3, 0.4) is 0 Å². The first kappa shape index (κ1) is 18.1. The Labute approximate surface area is 153 Å². The van der Waals surface area contributed by atoms with Crippen LogP contribution in [0.2, 0.25) is 0 Å². The molecule has 2 aromatic rings. The molecule has 2 N–H and O–H groups in total. The Morgan fingerprint density at radius 1 is 1.00 bits per heavy atom. The molecule has 0 aliphatic heterocycles. The molecule has 0 radical (unpaired) electrons. The Morgan fingerprint density at radius 3 is 2.27 bits per heavy atom. The molecular formula is C21H23NO4. The Bertz CT molecular complexity index is 783. The van der Waals surface area contributed by atoms with E-state index in [1.54, 1.807) is 48.5 Å². The van der Waals surface area contributed by atoms with Crippen LogP contribution in [-0.2, 0) is 4.74 Å². The van der Waals surface area contributed by atoms with Crippen LogP contribution in [0.5, 0.6) is 0 Å². The molecule has 0 unspecified atom stereocenters. The number of hydrogen-bond acceptors (Lipinski definition) is 3. The molecule has 2 aromatic carbocycles. The second kappa shape index (κ2) is 8.63. The largest absolute Gasteiger partial charge is 0.478 e. The SMILES string of the molecule is O=C(O)c1ccccc1-c1ccccc1C(=O)NCCCOCC1CC1. The van der Waals surface area contributed by atoms with Crippen molar-refractivity contribution in [3.63, 3.8) is 0 Å². The molecular weight excluding hydrogens is 330 g/mol. The summed E-state index contributed by atoms with van der Waals surface area (Å²) >= 11 is 0. The van der Waals surface area contributed by atoms with Gasteiger partial charge in [0, 0.05) is 25.3 Å². The van der Waals surface area contributed by atoms with Crippen LogP contribution >= 0.6 is 0 Å². The minimum absolute atomic E-state index is 0.182. The van der Waals surface area contributed by atoms with Gasteiger partial charge in [-0.1, -0.05) is 36.4 Å². The first-order chi connectivity index (χ1) is 12.7. The Morgan fingerprint density at radius 2 is 1.62 bits per heavy atom. The Kier molecular flexibility index (Phi) is 6.02. The van der Waals surface area contributed by atoms with E-state index in [0.29, 0.717) is 29.8 Å². The lowest BCUT2D eigenvalue weighted by Crippen LogP contribution is -2.26. The molecule has 26 heavy (non-hydrogen) atoms. The van der Waals surface area contributed by atoms with Crippen LogP contribution in [0, 0.1) is 5.92 Å². The van der Waals surface area contributed by atoms with Crippen LogP contribution < -0.4 is 5.32 Å². The highest BCUT2D eigenvalue weighted by atomic mass is 16.5. The molecule has 1 fully saturated rings. The normalized spacial score (nSPS) is 13.4. The minimum atomic E-state index is -1.01. The molecule has 0 bridgehead atoms. The van der Waals surface area contributed by atoms with Gasteiger partial charge in [-0.3, -0.25) is 4.79 Å². The third kappa shape index (κ3) is 4.70. The van der Waals surface area contributed by atoms with Gasteiger partial charge in [0.15, 0.2) is 0 Å². The van der Waals surface area contributed by atoms with Crippen LogP contribution in [0.1, 0.15) is 40.0 Å². The van der Waals surface area contributed by atoms with Crippen LogP contribution in [0.15, 0.2) is 48.5 Å². The molecule has 5 heteroatoms. The van der Waals surface area contributed by atoms with Crippen molar-refractivity contribution in [3.8, 4) is 11.1 Å². The molecule has 1 saturated carbocycles. The number of rotatable bonds is 9. The monoisotopic (exact) mass is 353 g/mol. The van der Waals surface area contributed by atoms with Crippen molar-refractivity contribution in [1.82, 2.24) is 5.32 Å². The summed E-state index contributed by atoms with van der Waals surface area (Å²) in [5.41, 5.74) is 1.81. The molecule has 0 atom stereocenters. The van der Waals surface area contributed by atoms with Crippen LogP contribution in [-0.4, -0.2) is 36.7 Å². The maximum atomic E-state index is 12.6. The van der Waals surface area contributed by atoms with Crippen LogP contribution in [0.4, 0.5) is 0 Å². The number of benzene rings is 2. The predicted octanol–water partition coefficient (Wildman–Crippen LogP) is 3.60. The standard InChI is InChI=1S/C21H23NO4/c23-20(22-12-5-13-26-14-15-10-11-15)18-8-3-1-6-16(18)17-7-2-4-9-19(17)21(24)25/h1-4,6-9,15H,5,10-14H2,(H,22,23)(H,24,25). The summed E-state index contributed by atoms with van der Waals surface area (Å²) in [6.45, 7) is 1.99. The zero-order valence-corrected chi connectivity index (χ0v) is 14.6. The lowest BCUT2D eigenvalue weighted by atomic mass is 9.95. The van der Waals surface area contributed by atoms with Crippen LogP contribution in [0.25, 0.3) is 11.1 Å².